The Balaban J connectivity index is 1.17. The monoisotopic (exact) mass is 446 g/mol. The molecule has 0 atom stereocenters. The second-order valence-corrected chi connectivity index (χ2v) is 9.36. The standard InChI is InChI=1S/C23H26N8O2/c1-15-7-19(22(32)31-11-23(12-31)13-33-14-23)27-28-21(15)30-6-4-18-16(10-30)8-17(9-24-18)26-20-3-5-25-29(20)2/h3,5,7-9,26H,4,6,10-14H2,1-2H3. The van der Waals surface area contributed by atoms with Gasteiger partial charge in [-0.15, -0.1) is 10.2 Å². The predicted molar refractivity (Wildman–Crippen MR) is 121 cm³/mol. The molecule has 170 valence electrons. The Morgan fingerprint density at radius 1 is 1.21 bits per heavy atom. The van der Waals surface area contributed by atoms with Crippen molar-refractivity contribution >= 4 is 23.2 Å². The summed E-state index contributed by atoms with van der Waals surface area (Å²) >= 11 is 0. The van der Waals surface area contributed by atoms with Crippen LogP contribution in [-0.4, -0.2) is 68.6 Å². The van der Waals surface area contributed by atoms with Gasteiger partial charge >= 0.3 is 0 Å². The van der Waals surface area contributed by atoms with Crippen LogP contribution in [0.3, 0.4) is 0 Å². The number of nitrogens with zero attached hydrogens (tertiary/aromatic N) is 7. The van der Waals surface area contributed by atoms with Crippen molar-refractivity contribution in [1.29, 1.82) is 0 Å². The van der Waals surface area contributed by atoms with Gasteiger partial charge in [-0.1, -0.05) is 0 Å². The van der Waals surface area contributed by atoms with E-state index in [1.807, 2.05) is 37.2 Å². The van der Waals surface area contributed by atoms with Gasteiger partial charge in [0.1, 0.15) is 5.82 Å². The number of fused-ring (bicyclic) bond motifs is 1. The molecule has 0 unspecified atom stereocenters. The lowest BCUT2D eigenvalue weighted by atomic mass is 9.78. The van der Waals surface area contributed by atoms with Gasteiger partial charge in [0.2, 0.25) is 0 Å². The number of carbonyl (C=O) groups excluding carboxylic acids is 1. The number of hydrogen-bond donors (Lipinski definition) is 1. The molecule has 1 amide bonds. The molecule has 0 aliphatic carbocycles. The average molecular weight is 447 g/mol. The molecule has 0 aromatic carbocycles. The Labute approximate surface area is 191 Å². The Kier molecular flexibility index (Phi) is 4.58. The van der Waals surface area contributed by atoms with Gasteiger partial charge in [-0.25, -0.2) is 0 Å². The first-order chi connectivity index (χ1) is 16.0. The molecule has 6 heterocycles. The number of carbonyl (C=O) groups is 1. The van der Waals surface area contributed by atoms with Gasteiger partial charge in [-0.05, 0) is 30.2 Å². The molecule has 2 fully saturated rings. The highest BCUT2D eigenvalue weighted by molar-refractivity contribution is 5.93. The molecule has 1 spiro atoms. The molecule has 1 N–H and O–H groups in total. The van der Waals surface area contributed by atoms with Crippen molar-refractivity contribution in [3.05, 3.63) is 53.1 Å². The summed E-state index contributed by atoms with van der Waals surface area (Å²) in [5.74, 6) is 1.67. The summed E-state index contributed by atoms with van der Waals surface area (Å²) in [5, 5.41) is 16.3. The van der Waals surface area contributed by atoms with Crippen molar-refractivity contribution in [2.75, 3.05) is 43.1 Å². The number of aryl methyl sites for hydroxylation is 2. The van der Waals surface area contributed by atoms with Crippen LogP contribution in [0, 0.1) is 12.3 Å². The summed E-state index contributed by atoms with van der Waals surface area (Å²) in [6.07, 6.45) is 4.46. The number of nitrogens with one attached hydrogen (secondary N) is 1. The van der Waals surface area contributed by atoms with E-state index < -0.39 is 0 Å². The summed E-state index contributed by atoms with van der Waals surface area (Å²) in [4.78, 5) is 21.5. The predicted octanol–water partition coefficient (Wildman–Crippen LogP) is 1.69. The van der Waals surface area contributed by atoms with Crippen molar-refractivity contribution in [1.82, 2.24) is 29.9 Å². The third-order valence-electron chi connectivity index (χ3n) is 6.77. The highest BCUT2D eigenvalue weighted by Crippen LogP contribution is 2.38. The number of amides is 1. The molecule has 6 rings (SSSR count). The highest BCUT2D eigenvalue weighted by Gasteiger charge is 2.51. The van der Waals surface area contributed by atoms with Crippen LogP contribution < -0.4 is 10.2 Å². The van der Waals surface area contributed by atoms with Crippen LogP contribution in [0.4, 0.5) is 17.3 Å². The van der Waals surface area contributed by atoms with E-state index in [0.29, 0.717) is 12.2 Å². The SMILES string of the molecule is Cc1cc(C(=O)N2CC3(COC3)C2)nnc1N1CCc2ncc(Nc3ccnn3C)cc2C1. The maximum absolute atomic E-state index is 12.8. The molecule has 3 aliphatic heterocycles. The Bertz CT molecular complexity index is 1230. The number of pyridine rings is 1. The van der Waals surface area contributed by atoms with Gasteiger partial charge in [0.25, 0.3) is 5.91 Å². The fourth-order valence-corrected chi connectivity index (χ4v) is 4.86. The molecule has 3 aromatic heterocycles. The van der Waals surface area contributed by atoms with Crippen LogP contribution in [0.5, 0.6) is 0 Å². The first-order valence-electron chi connectivity index (χ1n) is 11.2. The van der Waals surface area contributed by atoms with Gasteiger partial charge in [0.15, 0.2) is 11.5 Å². The average Bonchev–Trinajstić information content (AvgIpc) is 3.15. The highest BCUT2D eigenvalue weighted by atomic mass is 16.5. The van der Waals surface area contributed by atoms with E-state index in [9.17, 15) is 4.79 Å². The maximum Gasteiger partial charge on any atom is 0.274 e. The van der Waals surface area contributed by atoms with Crippen molar-refractivity contribution in [3.8, 4) is 0 Å². The number of ether oxygens (including phenoxy) is 1. The van der Waals surface area contributed by atoms with Gasteiger partial charge < -0.3 is 19.9 Å². The molecule has 3 aliphatic rings. The Morgan fingerprint density at radius 3 is 2.76 bits per heavy atom. The third-order valence-corrected chi connectivity index (χ3v) is 6.77. The van der Waals surface area contributed by atoms with Crippen LogP contribution in [0.25, 0.3) is 0 Å². The molecule has 10 nitrogen and oxygen atoms in total. The van der Waals surface area contributed by atoms with Gasteiger partial charge in [0, 0.05) is 51.4 Å². The lowest BCUT2D eigenvalue weighted by Gasteiger charge is -2.54. The van der Waals surface area contributed by atoms with E-state index in [0.717, 1.165) is 73.4 Å². The van der Waals surface area contributed by atoms with Gasteiger partial charge in [-0.2, -0.15) is 5.10 Å². The molecule has 2 saturated heterocycles. The number of aromatic nitrogens is 5. The van der Waals surface area contributed by atoms with E-state index in [1.165, 1.54) is 0 Å². The summed E-state index contributed by atoms with van der Waals surface area (Å²) in [5.41, 5.74) is 4.74. The van der Waals surface area contributed by atoms with E-state index in [-0.39, 0.29) is 11.3 Å². The van der Waals surface area contributed by atoms with Gasteiger partial charge in [-0.3, -0.25) is 14.5 Å². The maximum atomic E-state index is 12.8. The van der Waals surface area contributed by atoms with Crippen molar-refractivity contribution < 1.29 is 9.53 Å². The molecule has 33 heavy (non-hydrogen) atoms. The van der Waals surface area contributed by atoms with Crippen molar-refractivity contribution in [3.63, 3.8) is 0 Å². The number of likely N-dealkylation sites (tertiary alicyclic amines) is 1. The zero-order valence-corrected chi connectivity index (χ0v) is 18.8. The largest absolute Gasteiger partial charge is 0.380 e. The van der Waals surface area contributed by atoms with Crippen molar-refractivity contribution in [2.24, 2.45) is 12.5 Å². The van der Waals surface area contributed by atoms with Gasteiger partial charge in [0.05, 0.1) is 36.7 Å². The lowest BCUT2D eigenvalue weighted by Crippen LogP contribution is -2.67. The minimum atomic E-state index is -0.0475. The molecule has 10 heteroatoms. The molecular weight excluding hydrogens is 420 g/mol. The van der Waals surface area contributed by atoms with Crippen LogP contribution >= 0.6 is 0 Å². The normalized spacial score (nSPS) is 18.5. The van der Waals surface area contributed by atoms with E-state index in [1.54, 1.807) is 10.9 Å². The summed E-state index contributed by atoms with van der Waals surface area (Å²) < 4.78 is 7.08. The van der Waals surface area contributed by atoms with E-state index >= 15 is 0 Å². The minimum absolute atomic E-state index is 0.0475. The summed E-state index contributed by atoms with van der Waals surface area (Å²) in [6, 6.07) is 5.92. The first-order valence-corrected chi connectivity index (χ1v) is 11.2. The number of hydrogen-bond acceptors (Lipinski definition) is 8. The Morgan fingerprint density at radius 2 is 2.06 bits per heavy atom. The summed E-state index contributed by atoms with van der Waals surface area (Å²) in [6.45, 7) is 6.51. The molecule has 0 saturated carbocycles. The second kappa shape index (κ2) is 7.51. The van der Waals surface area contributed by atoms with E-state index in [2.05, 4.69) is 36.6 Å². The quantitative estimate of drug-likeness (QED) is 0.646. The zero-order chi connectivity index (χ0) is 22.6. The first kappa shape index (κ1) is 20.1. The fraction of sp³-hybridized carbons (Fsp3) is 0.435. The topological polar surface area (TPSA) is 101 Å². The number of anilines is 3. The Hall–Kier alpha value is -3.53. The third kappa shape index (κ3) is 3.50. The zero-order valence-electron chi connectivity index (χ0n) is 18.8. The van der Waals surface area contributed by atoms with Crippen LogP contribution in [0.2, 0.25) is 0 Å². The molecule has 0 radical (unpaired) electrons. The second-order valence-electron chi connectivity index (χ2n) is 9.36. The van der Waals surface area contributed by atoms with Crippen LogP contribution in [-0.2, 0) is 24.8 Å². The molecular formula is C23H26N8O2. The minimum Gasteiger partial charge on any atom is -0.380 e. The fourth-order valence-electron chi connectivity index (χ4n) is 4.86. The van der Waals surface area contributed by atoms with Crippen LogP contribution in [0.1, 0.15) is 27.3 Å². The smallest absolute Gasteiger partial charge is 0.274 e. The van der Waals surface area contributed by atoms with Crippen LogP contribution in [0.15, 0.2) is 30.6 Å². The number of rotatable bonds is 4. The summed E-state index contributed by atoms with van der Waals surface area (Å²) in [7, 11) is 1.90. The lowest BCUT2D eigenvalue weighted by molar-refractivity contribution is -0.176. The van der Waals surface area contributed by atoms with E-state index in [4.69, 9.17) is 4.74 Å². The molecule has 3 aromatic rings. The van der Waals surface area contributed by atoms with Crippen molar-refractivity contribution in [2.45, 2.75) is 19.9 Å². The molecule has 0 bridgehead atoms.